The van der Waals surface area contributed by atoms with Crippen LogP contribution in [0.1, 0.15) is 25.7 Å². The summed E-state index contributed by atoms with van der Waals surface area (Å²) in [5.74, 6) is 0.863. The van der Waals surface area contributed by atoms with Crippen LogP contribution < -0.4 is 9.62 Å². The van der Waals surface area contributed by atoms with Crippen molar-refractivity contribution in [1.29, 1.82) is 0 Å². The normalized spacial score (nSPS) is 14.8. The lowest BCUT2D eigenvalue weighted by atomic mass is 10.1. The number of aromatic nitrogens is 2. The topological polar surface area (TPSA) is 75.2 Å². The molecule has 4 rings (SSSR count). The molecule has 1 saturated heterocycles. The number of benzene rings is 2. The molecule has 10 heteroatoms. The molecule has 0 radical (unpaired) electrons. The second kappa shape index (κ2) is 9.83. The number of sulfonamides is 1. The molecule has 1 N–H and O–H groups in total. The summed E-state index contributed by atoms with van der Waals surface area (Å²) in [6.07, 6.45) is 4.82. The summed E-state index contributed by atoms with van der Waals surface area (Å²) in [5.41, 5.74) is 1.75. The molecule has 1 aliphatic heterocycles. The Bertz CT molecular complexity index is 1210. The number of hydrogen-bond acceptors (Lipinski definition) is 5. The SMILES string of the molecule is O=S(=O)(Nc1cccc(-c2ccc(N3CCCCCC3)nn2)c1)c1cc(Cl)c(Cl)cc1Cl. The largest absolute Gasteiger partial charge is 0.355 e. The van der Waals surface area contributed by atoms with Crippen LogP contribution >= 0.6 is 34.8 Å². The summed E-state index contributed by atoms with van der Waals surface area (Å²) in [6, 6.07) is 13.3. The first kappa shape index (κ1) is 23.1. The van der Waals surface area contributed by atoms with Gasteiger partial charge in [0.2, 0.25) is 0 Å². The first-order valence-electron chi connectivity index (χ1n) is 10.2. The van der Waals surface area contributed by atoms with Crippen LogP contribution in [0.2, 0.25) is 15.1 Å². The molecule has 3 aromatic rings. The van der Waals surface area contributed by atoms with E-state index in [0.29, 0.717) is 11.4 Å². The molecule has 1 aliphatic rings. The minimum absolute atomic E-state index is 0.0157. The van der Waals surface area contributed by atoms with Crippen molar-refractivity contribution in [2.45, 2.75) is 30.6 Å². The molecule has 32 heavy (non-hydrogen) atoms. The average Bonchev–Trinajstić information content (AvgIpc) is 3.06. The molecule has 0 spiro atoms. The number of nitrogens with one attached hydrogen (secondary N) is 1. The van der Waals surface area contributed by atoms with Crippen LogP contribution in [0.15, 0.2) is 53.4 Å². The molecule has 0 aliphatic carbocycles. The van der Waals surface area contributed by atoms with Crippen LogP contribution in [0.25, 0.3) is 11.3 Å². The lowest BCUT2D eigenvalue weighted by Crippen LogP contribution is -2.25. The van der Waals surface area contributed by atoms with Gasteiger partial charge in [0.1, 0.15) is 4.90 Å². The summed E-state index contributed by atoms with van der Waals surface area (Å²) < 4.78 is 28.2. The fraction of sp³-hybridized carbons (Fsp3) is 0.273. The Kier molecular flexibility index (Phi) is 7.10. The summed E-state index contributed by atoms with van der Waals surface area (Å²) in [6.45, 7) is 1.98. The van der Waals surface area contributed by atoms with Gasteiger partial charge >= 0.3 is 0 Å². The second-order valence-electron chi connectivity index (χ2n) is 7.56. The highest BCUT2D eigenvalue weighted by atomic mass is 35.5. The molecular weight excluding hydrogens is 491 g/mol. The van der Waals surface area contributed by atoms with E-state index < -0.39 is 10.0 Å². The van der Waals surface area contributed by atoms with Crippen LogP contribution in [0.4, 0.5) is 11.5 Å². The van der Waals surface area contributed by atoms with Crippen LogP contribution in [0, 0.1) is 0 Å². The third kappa shape index (κ3) is 5.29. The van der Waals surface area contributed by atoms with E-state index in [4.69, 9.17) is 34.8 Å². The van der Waals surface area contributed by atoms with Gasteiger partial charge in [0, 0.05) is 24.3 Å². The summed E-state index contributed by atoms with van der Waals surface area (Å²) in [5, 5.41) is 9.02. The zero-order valence-electron chi connectivity index (χ0n) is 17.1. The molecule has 6 nitrogen and oxygen atoms in total. The Morgan fingerprint density at radius 2 is 1.53 bits per heavy atom. The van der Waals surface area contributed by atoms with Gasteiger partial charge in [-0.3, -0.25) is 4.72 Å². The molecule has 2 heterocycles. The third-order valence-corrected chi connectivity index (χ3v) is 7.82. The van der Waals surface area contributed by atoms with E-state index in [-0.39, 0.29) is 20.0 Å². The van der Waals surface area contributed by atoms with E-state index in [0.717, 1.165) is 37.3 Å². The van der Waals surface area contributed by atoms with E-state index in [9.17, 15) is 8.42 Å². The van der Waals surface area contributed by atoms with Crippen molar-refractivity contribution in [3.8, 4) is 11.3 Å². The molecule has 1 fully saturated rings. The van der Waals surface area contributed by atoms with E-state index in [2.05, 4.69) is 19.8 Å². The van der Waals surface area contributed by atoms with Crippen molar-refractivity contribution in [3.05, 3.63) is 63.6 Å². The zero-order valence-corrected chi connectivity index (χ0v) is 20.1. The van der Waals surface area contributed by atoms with E-state index in [1.165, 1.54) is 25.0 Å². The van der Waals surface area contributed by atoms with Gasteiger partial charge in [-0.15, -0.1) is 10.2 Å². The van der Waals surface area contributed by atoms with Gasteiger partial charge in [-0.1, -0.05) is 59.8 Å². The number of anilines is 2. The number of hydrogen-bond donors (Lipinski definition) is 1. The van der Waals surface area contributed by atoms with Crippen molar-refractivity contribution in [2.75, 3.05) is 22.7 Å². The van der Waals surface area contributed by atoms with Crippen molar-refractivity contribution < 1.29 is 8.42 Å². The molecule has 168 valence electrons. The predicted octanol–water partition coefficient (Wildman–Crippen LogP) is 6.29. The zero-order chi connectivity index (χ0) is 22.7. The van der Waals surface area contributed by atoms with E-state index in [1.54, 1.807) is 18.2 Å². The highest BCUT2D eigenvalue weighted by Crippen LogP contribution is 2.33. The molecule has 1 aromatic heterocycles. The molecular formula is C22H21Cl3N4O2S. The third-order valence-electron chi connectivity index (χ3n) is 5.26. The second-order valence-corrected chi connectivity index (χ2v) is 10.4. The van der Waals surface area contributed by atoms with Gasteiger partial charge in [0.15, 0.2) is 5.82 Å². The van der Waals surface area contributed by atoms with Crippen LogP contribution in [-0.2, 0) is 10.0 Å². The van der Waals surface area contributed by atoms with Crippen molar-refractivity contribution >= 4 is 56.3 Å². The van der Waals surface area contributed by atoms with Crippen LogP contribution in [0.5, 0.6) is 0 Å². The average molecular weight is 512 g/mol. The number of halogens is 3. The van der Waals surface area contributed by atoms with Crippen LogP contribution in [0.3, 0.4) is 0 Å². The molecule has 0 atom stereocenters. The molecule has 0 unspecified atom stereocenters. The standard InChI is InChI=1S/C22H21Cl3N4O2S/c23-17-13-19(25)21(14-18(17)24)32(30,31)28-16-7-5-6-15(12-16)20-8-9-22(27-26-20)29-10-3-1-2-4-11-29/h5-9,12-14,28H,1-4,10-11H2. The monoisotopic (exact) mass is 510 g/mol. The smallest absolute Gasteiger partial charge is 0.263 e. The summed E-state index contributed by atoms with van der Waals surface area (Å²) in [4.78, 5) is 2.11. The fourth-order valence-electron chi connectivity index (χ4n) is 3.61. The van der Waals surface area contributed by atoms with Crippen molar-refractivity contribution in [1.82, 2.24) is 10.2 Å². The molecule has 0 bridgehead atoms. The molecule has 0 saturated carbocycles. The Hall–Kier alpha value is -2.06. The first-order chi connectivity index (χ1) is 15.3. The van der Waals surface area contributed by atoms with Gasteiger partial charge in [-0.2, -0.15) is 0 Å². The lowest BCUT2D eigenvalue weighted by Gasteiger charge is -2.20. The minimum Gasteiger partial charge on any atom is -0.355 e. The number of nitrogens with zero attached hydrogens (tertiary/aromatic N) is 3. The quantitative estimate of drug-likeness (QED) is 0.408. The van der Waals surface area contributed by atoms with Gasteiger partial charge in [-0.05, 0) is 49.2 Å². The van der Waals surface area contributed by atoms with Crippen molar-refractivity contribution in [3.63, 3.8) is 0 Å². The van der Waals surface area contributed by atoms with Crippen molar-refractivity contribution in [2.24, 2.45) is 0 Å². The highest BCUT2D eigenvalue weighted by Gasteiger charge is 2.20. The van der Waals surface area contributed by atoms with Gasteiger partial charge in [0.25, 0.3) is 10.0 Å². The summed E-state index contributed by atoms with van der Waals surface area (Å²) >= 11 is 18.0. The highest BCUT2D eigenvalue weighted by molar-refractivity contribution is 7.92. The van der Waals surface area contributed by atoms with E-state index in [1.807, 2.05) is 18.2 Å². The first-order valence-corrected chi connectivity index (χ1v) is 12.8. The fourth-order valence-corrected chi connectivity index (χ4v) is 5.66. The Balaban J connectivity index is 1.55. The van der Waals surface area contributed by atoms with Gasteiger partial charge in [-0.25, -0.2) is 8.42 Å². The molecule has 2 aromatic carbocycles. The van der Waals surface area contributed by atoms with Crippen LogP contribution in [-0.4, -0.2) is 31.7 Å². The maximum absolute atomic E-state index is 12.9. The maximum Gasteiger partial charge on any atom is 0.263 e. The summed E-state index contributed by atoms with van der Waals surface area (Å²) in [7, 11) is -3.97. The van der Waals surface area contributed by atoms with E-state index >= 15 is 0 Å². The maximum atomic E-state index is 12.9. The predicted molar refractivity (Wildman–Crippen MR) is 130 cm³/mol. The van der Waals surface area contributed by atoms with Gasteiger partial charge < -0.3 is 4.90 Å². The number of rotatable bonds is 5. The minimum atomic E-state index is -3.97. The molecule has 0 amide bonds. The Morgan fingerprint density at radius 1 is 0.812 bits per heavy atom. The Morgan fingerprint density at radius 3 is 2.22 bits per heavy atom. The lowest BCUT2D eigenvalue weighted by molar-refractivity contribution is 0.601. The van der Waals surface area contributed by atoms with Gasteiger partial charge in [0.05, 0.1) is 20.8 Å². The Labute approximate surface area is 202 Å².